The number of rotatable bonds is 1. The molecular weight excluding hydrogens is 190 g/mol. The van der Waals surface area contributed by atoms with Crippen LogP contribution in [0, 0.1) is 6.92 Å². The van der Waals surface area contributed by atoms with Gasteiger partial charge in [0.1, 0.15) is 6.33 Å². The third-order valence-electron chi connectivity index (χ3n) is 2.88. The number of amides is 1. The fourth-order valence-electron chi connectivity index (χ4n) is 2.03. The van der Waals surface area contributed by atoms with Crippen LogP contribution in [0.25, 0.3) is 0 Å². The van der Waals surface area contributed by atoms with Gasteiger partial charge in [-0.05, 0) is 19.8 Å². The predicted octanol–water partition coefficient (Wildman–Crippen LogP) is 2.08. The molecule has 1 aliphatic carbocycles. The van der Waals surface area contributed by atoms with Crippen molar-refractivity contribution in [2.75, 3.05) is 0 Å². The van der Waals surface area contributed by atoms with Crippen LogP contribution >= 0.6 is 0 Å². The highest BCUT2D eigenvalue weighted by atomic mass is 16.2. The minimum atomic E-state index is -0.0532. The molecule has 82 valence electrons. The summed E-state index contributed by atoms with van der Waals surface area (Å²) in [7, 11) is 0. The summed E-state index contributed by atoms with van der Waals surface area (Å²) >= 11 is 0. The van der Waals surface area contributed by atoms with Gasteiger partial charge in [-0.2, -0.15) is 0 Å². The van der Waals surface area contributed by atoms with Crippen LogP contribution in [0.15, 0.2) is 12.5 Å². The number of carbonyl (C=O) groups is 1. The summed E-state index contributed by atoms with van der Waals surface area (Å²) in [5.41, 5.74) is 0.869. The van der Waals surface area contributed by atoms with Gasteiger partial charge in [0.05, 0.1) is 5.69 Å². The molecule has 1 saturated carbocycles. The van der Waals surface area contributed by atoms with Crippen molar-refractivity contribution in [2.45, 2.75) is 45.1 Å². The molecular formula is C11H17N3O. The van der Waals surface area contributed by atoms with Gasteiger partial charge in [-0.3, -0.25) is 4.57 Å². The molecule has 1 aromatic rings. The van der Waals surface area contributed by atoms with Gasteiger partial charge in [-0.1, -0.05) is 19.3 Å². The highest BCUT2D eigenvalue weighted by Crippen LogP contribution is 2.17. The average Bonchev–Trinajstić information content (AvgIpc) is 2.66. The van der Waals surface area contributed by atoms with Crippen molar-refractivity contribution in [1.82, 2.24) is 14.9 Å². The number of carbonyl (C=O) groups excluding carboxylic acids is 1. The number of hydrogen-bond acceptors (Lipinski definition) is 2. The van der Waals surface area contributed by atoms with Crippen molar-refractivity contribution in [3.8, 4) is 0 Å². The summed E-state index contributed by atoms with van der Waals surface area (Å²) < 4.78 is 1.52. The van der Waals surface area contributed by atoms with Gasteiger partial charge in [0.15, 0.2) is 0 Å². The molecule has 0 aliphatic heterocycles. The number of imidazole rings is 1. The number of hydrogen-bond donors (Lipinski definition) is 1. The zero-order valence-electron chi connectivity index (χ0n) is 9.07. The van der Waals surface area contributed by atoms with Crippen LogP contribution in [0.3, 0.4) is 0 Å². The van der Waals surface area contributed by atoms with Gasteiger partial charge >= 0.3 is 6.03 Å². The van der Waals surface area contributed by atoms with E-state index in [4.69, 9.17) is 0 Å². The van der Waals surface area contributed by atoms with Crippen LogP contribution < -0.4 is 5.32 Å². The van der Waals surface area contributed by atoms with E-state index >= 15 is 0 Å². The van der Waals surface area contributed by atoms with E-state index in [0.717, 1.165) is 18.5 Å². The number of nitrogens with one attached hydrogen (secondary N) is 1. The van der Waals surface area contributed by atoms with E-state index in [0.29, 0.717) is 6.04 Å². The van der Waals surface area contributed by atoms with Crippen LogP contribution in [-0.4, -0.2) is 21.6 Å². The predicted molar refractivity (Wildman–Crippen MR) is 57.8 cm³/mol. The highest BCUT2D eigenvalue weighted by Gasteiger charge is 2.16. The maximum atomic E-state index is 11.7. The maximum Gasteiger partial charge on any atom is 0.327 e. The Bertz CT molecular complexity index is 339. The maximum absolute atomic E-state index is 11.7. The summed E-state index contributed by atoms with van der Waals surface area (Å²) in [5.74, 6) is 0. The quantitative estimate of drug-likeness (QED) is 0.766. The second kappa shape index (κ2) is 4.47. The van der Waals surface area contributed by atoms with Crippen molar-refractivity contribution in [2.24, 2.45) is 0 Å². The lowest BCUT2D eigenvalue weighted by Crippen LogP contribution is -2.38. The second-order valence-electron chi connectivity index (χ2n) is 4.21. The lowest BCUT2D eigenvalue weighted by atomic mass is 9.96. The number of aryl methyl sites for hydroxylation is 1. The Morgan fingerprint density at radius 2 is 2.20 bits per heavy atom. The first kappa shape index (κ1) is 10.2. The van der Waals surface area contributed by atoms with E-state index in [1.54, 1.807) is 12.5 Å². The zero-order valence-corrected chi connectivity index (χ0v) is 9.07. The fourth-order valence-corrected chi connectivity index (χ4v) is 2.03. The third kappa shape index (κ3) is 2.58. The molecule has 1 heterocycles. The molecule has 0 aromatic carbocycles. The van der Waals surface area contributed by atoms with Crippen LogP contribution in [0.4, 0.5) is 4.79 Å². The molecule has 4 heteroatoms. The zero-order chi connectivity index (χ0) is 10.7. The Labute approximate surface area is 89.7 Å². The molecule has 1 N–H and O–H groups in total. The monoisotopic (exact) mass is 207 g/mol. The van der Waals surface area contributed by atoms with Gasteiger partial charge in [0.25, 0.3) is 0 Å². The molecule has 15 heavy (non-hydrogen) atoms. The first-order chi connectivity index (χ1) is 7.25. The Morgan fingerprint density at radius 1 is 1.47 bits per heavy atom. The smallest absolute Gasteiger partial charge is 0.327 e. The van der Waals surface area contributed by atoms with Gasteiger partial charge in [-0.15, -0.1) is 0 Å². The van der Waals surface area contributed by atoms with Gasteiger partial charge < -0.3 is 5.32 Å². The van der Waals surface area contributed by atoms with Gasteiger partial charge in [0.2, 0.25) is 0 Å². The van der Waals surface area contributed by atoms with Crippen molar-refractivity contribution in [1.29, 1.82) is 0 Å². The summed E-state index contributed by atoms with van der Waals surface area (Å²) in [5, 5.41) is 3.03. The van der Waals surface area contributed by atoms with E-state index in [9.17, 15) is 4.79 Å². The third-order valence-corrected chi connectivity index (χ3v) is 2.88. The Hall–Kier alpha value is -1.32. The van der Waals surface area contributed by atoms with Crippen molar-refractivity contribution < 1.29 is 4.79 Å². The van der Waals surface area contributed by atoms with Gasteiger partial charge in [-0.25, -0.2) is 9.78 Å². The number of nitrogens with zero attached hydrogens (tertiary/aromatic N) is 2. The molecule has 1 aromatic heterocycles. The summed E-state index contributed by atoms with van der Waals surface area (Å²) in [6, 6.07) is 0.302. The lowest BCUT2D eigenvalue weighted by Gasteiger charge is -2.22. The van der Waals surface area contributed by atoms with Crippen LogP contribution in [0.5, 0.6) is 0 Å². The Kier molecular flexibility index (Phi) is 3.04. The van der Waals surface area contributed by atoms with Gasteiger partial charge in [0, 0.05) is 12.2 Å². The van der Waals surface area contributed by atoms with E-state index in [1.807, 2.05) is 6.92 Å². The topological polar surface area (TPSA) is 46.9 Å². The van der Waals surface area contributed by atoms with Crippen LogP contribution in [0.1, 0.15) is 37.8 Å². The summed E-state index contributed by atoms with van der Waals surface area (Å²) in [4.78, 5) is 15.8. The summed E-state index contributed by atoms with van der Waals surface area (Å²) in [6.45, 7) is 1.88. The standard InChI is InChI=1S/C11H17N3O/c1-9-7-14(8-12-9)11(15)13-10-5-3-2-4-6-10/h7-8,10H,2-6H2,1H3,(H,13,15). The molecule has 1 fully saturated rings. The van der Waals surface area contributed by atoms with Crippen molar-refractivity contribution in [3.05, 3.63) is 18.2 Å². The highest BCUT2D eigenvalue weighted by molar-refractivity contribution is 5.76. The Morgan fingerprint density at radius 3 is 2.80 bits per heavy atom. The van der Waals surface area contributed by atoms with Crippen molar-refractivity contribution >= 4 is 6.03 Å². The molecule has 0 spiro atoms. The fraction of sp³-hybridized carbons (Fsp3) is 0.636. The lowest BCUT2D eigenvalue weighted by molar-refractivity contribution is 0.234. The normalized spacial score (nSPS) is 17.7. The van der Waals surface area contributed by atoms with E-state index in [1.165, 1.54) is 23.8 Å². The SMILES string of the molecule is Cc1cn(C(=O)NC2CCCCC2)cn1. The first-order valence-electron chi connectivity index (χ1n) is 5.57. The average molecular weight is 207 g/mol. The molecule has 0 radical (unpaired) electrons. The van der Waals surface area contributed by atoms with E-state index in [-0.39, 0.29) is 6.03 Å². The van der Waals surface area contributed by atoms with E-state index in [2.05, 4.69) is 10.3 Å². The van der Waals surface area contributed by atoms with Crippen molar-refractivity contribution in [3.63, 3.8) is 0 Å². The molecule has 1 amide bonds. The molecule has 0 bridgehead atoms. The molecule has 1 aliphatic rings. The number of aromatic nitrogens is 2. The largest absolute Gasteiger partial charge is 0.335 e. The van der Waals surface area contributed by atoms with E-state index < -0.39 is 0 Å². The molecule has 2 rings (SSSR count). The summed E-state index contributed by atoms with van der Waals surface area (Å²) in [6.07, 6.45) is 9.29. The molecule has 0 unspecified atom stereocenters. The molecule has 4 nitrogen and oxygen atoms in total. The Balaban J connectivity index is 1.91. The first-order valence-corrected chi connectivity index (χ1v) is 5.57. The van der Waals surface area contributed by atoms with Crippen LogP contribution in [0.2, 0.25) is 0 Å². The molecule has 0 saturated heterocycles. The second-order valence-corrected chi connectivity index (χ2v) is 4.21. The minimum Gasteiger partial charge on any atom is -0.335 e. The molecule has 0 atom stereocenters. The minimum absolute atomic E-state index is 0.0532. The van der Waals surface area contributed by atoms with Crippen LogP contribution in [-0.2, 0) is 0 Å².